The minimum Gasteiger partial charge on any atom is -0.250 e. The van der Waals surface area contributed by atoms with Crippen LogP contribution in [0.25, 0.3) is 0 Å². The zero-order valence-electron chi connectivity index (χ0n) is 7.33. The average molecular weight is 179 g/mol. The molecule has 0 saturated heterocycles. The summed E-state index contributed by atoms with van der Waals surface area (Å²) in [4.78, 5) is 13.3. The minimum absolute atomic E-state index is 0.103. The number of halogens is 1. The Morgan fingerprint density at radius 2 is 2.08 bits per heavy atom. The third-order valence-electron chi connectivity index (χ3n) is 1.87. The molecule has 0 amide bonds. The molecule has 1 unspecified atom stereocenters. The van der Waals surface area contributed by atoms with Gasteiger partial charge in [0.2, 0.25) is 6.08 Å². The quantitative estimate of drug-likeness (QED) is 0.518. The van der Waals surface area contributed by atoms with Crippen molar-refractivity contribution in [1.29, 1.82) is 0 Å². The zero-order chi connectivity index (χ0) is 9.68. The fourth-order valence-corrected chi connectivity index (χ4v) is 1.02. The van der Waals surface area contributed by atoms with E-state index < -0.39 is 0 Å². The van der Waals surface area contributed by atoms with Crippen LogP contribution in [0.5, 0.6) is 0 Å². The number of nitrogens with zero attached hydrogens (tertiary/aromatic N) is 1. The number of hydrogen-bond acceptors (Lipinski definition) is 2. The van der Waals surface area contributed by atoms with Crippen molar-refractivity contribution in [2.24, 2.45) is 4.99 Å². The second-order valence-corrected chi connectivity index (χ2v) is 2.85. The molecule has 0 N–H and O–H groups in total. The third-order valence-corrected chi connectivity index (χ3v) is 1.87. The van der Waals surface area contributed by atoms with Gasteiger partial charge in [-0.25, -0.2) is 4.79 Å². The first-order chi connectivity index (χ1) is 6.27. The summed E-state index contributed by atoms with van der Waals surface area (Å²) in [6.45, 7) is 1.42. The van der Waals surface area contributed by atoms with Gasteiger partial charge in [0.1, 0.15) is 0 Å². The molecule has 0 aromatic heterocycles. The molecule has 1 atom stereocenters. The Hall–Kier alpha value is -1.47. The topological polar surface area (TPSA) is 29.4 Å². The van der Waals surface area contributed by atoms with Crippen molar-refractivity contribution in [2.45, 2.75) is 12.8 Å². The van der Waals surface area contributed by atoms with Gasteiger partial charge in [-0.3, -0.25) is 4.39 Å². The van der Waals surface area contributed by atoms with Crippen molar-refractivity contribution in [3.63, 3.8) is 0 Å². The highest BCUT2D eigenvalue weighted by atomic mass is 19.1. The first kappa shape index (κ1) is 9.62. The van der Waals surface area contributed by atoms with E-state index in [9.17, 15) is 9.18 Å². The van der Waals surface area contributed by atoms with E-state index in [1.165, 1.54) is 6.08 Å². The predicted molar refractivity (Wildman–Crippen MR) is 48.6 cm³/mol. The average Bonchev–Trinajstić information content (AvgIpc) is 2.18. The lowest BCUT2D eigenvalue weighted by molar-refractivity contribution is 0.447. The minimum atomic E-state index is -0.379. The molecule has 68 valence electrons. The van der Waals surface area contributed by atoms with Crippen LogP contribution in [-0.4, -0.2) is 12.8 Å². The Morgan fingerprint density at radius 3 is 2.54 bits per heavy atom. The number of carbonyl (C=O) groups excluding carboxylic acids is 1. The second kappa shape index (κ2) is 4.53. The maximum Gasteiger partial charge on any atom is 0.240 e. The molecule has 0 radical (unpaired) electrons. The largest absolute Gasteiger partial charge is 0.250 e. The maximum atomic E-state index is 12.2. The number of benzene rings is 1. The molecule has 0 heterocycles. The molecule has 0 bridgehead atoms. The molecule has 13 heavy (non-hydrogen) atoms. The van der Waals surface area contributed by atoms with Crippen LogP contribution in [0.1, 0.15) is 18.4 Å². The van der Waals surface area contributed by atoms with Gasteiger partial charge >= 0.3 is 0 Å². The molecule has 0 saturated carbocycles. The van der Waals surface area contributed by atoms with Crippen LogP contribution in [-0.2, 0) is 4.79 Å². The molecule has 2 nitrogen and oxygen atoms in total. The van der Waals surface area contributed by atoms with E-state index in [1.807, 2.05) is 0 Å². The predicted octanol–water partition coefficient (Wildman–Crippen LogP) is 2.73. The lowest BCUT2D eigenvalue weighted by Gasteiger charge is -2.05. The molecule has 0 fully saturated rings. The Morgan fingerprint density at radius 1 is 1.46 bits per heavy atom. The van der Waals surface area contributed by atoms with Crippen LogP contribution in [0.3, 0.4) is 0 Å². The maximum absolute atomic E-state index is 12.2. The Kier molecular flexibility index (Phi) is 3.35. The summed E-state index contributed by atoms with van der Waals surface area (Å²) in [5, 5.41) is 0. The summed E-state index contributed by atoms with van der Waals surface area (Å²) in [5.41, 5.74) is 1.46. The van der Waals surface area contributed by atoms with Gasteiger partial charge in [-0.1, -0.05) is 19.1 Å². The molecule has 0 spiro atoms. The monoisotopic (exact) mass is 179 g/mol. The van der Waals surface area contributed by atoms with Crippen LogP contribution in [0, 0.1) is 0 Å². The van der Waals surface area contributed by atoms with E-state index in [-0.39, 0.29) is 12.6 Å². The summed E-state index contributed by atoms with van der Waals surface area (Å²) in [7, 11) is 0. The highest BCUT2D eigenvalue weighted by Crippen LogP contribution is 2.19. The number of hydrogen-bond donors (Lipinski definition) is 0. The van der Waals surface area contributed by atoms with Crippen LogP contribution in [0.15, 0.2) is 29.3 Å². The summed E-state index contributed by atoms with van der Waals surface area (Å²) >= 11 is 0. The number of aliphatic imine (C=N–C) groups is 1. The summed E-state index contributed by atoms with van der Waals surface area (Å²) in [6, 6.07) is 6.87. The van der Waals surface area contributed by atoms with Crippen molar-refractivity contribution in [3.05, 3.63) is 29.8 Å². The van der Waals surface area contributed by atoms with Gasteiger partial charge in [-0.2, -0.15) is 4.99 Å². The fraction of sp³-hybridized carbons (Fsp3) is 0.300. The zero-order valence-corrected chi connectivity index (χ0v) is 7.33. The van der Waals surface area contributed by atoms with Gasteiger partial charge in [0.25, 0.3) is 0 Å². The summed E-state index contributed by atoms with van der Waals surface area (Å²) < 4.78 is 12.2. The van der Waals surface area contributed by atoms with Crippen LogP contribution in [0.4, 0.5) is 10.1 Å². The van der Waals surface area contributed by atoms with E-state index in [0.717, 1.165) is 5.56 Å². The summed E-state index contributed by atoms with van der Waals surface area (Å²) in [5.74, 6) is -0.103. The van der Waals surface area contributed by atoms with E-state index >= 15 is 0 Å². The standard InChI is InChI=1S/C10H10FNO/c1-8(6-11)9-2-4-10(5-3-9)12-7-13/h2-5,8H,6H2,1H3. The number of alkyl halides is 1. The number of isocyanates is 1. The lowest BCUT2D eigenvalue weighted by atomic mass is 10.0. The first-order valence-electron chi connectivity index (χ1n) is 4.01. The SMILES string of the molecule is CC(CF)c1ccc(N=C=O)cc1. The Labute approximate surface area is 76.1 Å². The molecule has 0 aliphatic heterocycles. The molecule has 0 aliphatic rings. The normalized spacial score (nSPS) is 11.8. The van der Waals surface area contributed by atoms with Gasteiger partial charge in [0.05, 0.1) is 12.4 Å². The van der Waals surface area contributed by atoms with Gasteiger partial charge in [0, 0.05) is 5.92 Å². The summed E-state index contributed by atoms with van der Waals surface area (Å²) in [6.07, 6.45) is 1.45. The fourth-order valence-electron chi connectivity index (χ4n) is 1.02. The van der Waals surface area contributed by atoms with Crippen molar-refractivity contribution in [3.8, 4) is 0 Å². The molecule has 1 aromatic carbocycles. The first-order valence-corrected chi connectivity index (χ1v) is 4.01. The van der Waals surface area contributed by atoms with Gasteiger partial charge in [0.15, 0.2) is 0 Å². The van der Waals surface area contributed by atoms with Gasteiger partial charge in [-0.15, -0.1) is 0 Å². The lowest BCUT2D eigenvalue weighted by Crippen LogP contribution is -1.93. The van der Waals surface area contributed by atoms with Gasteiger partial charge < -0.3 is 0 Å². The third kappa shape index (κ3) is 2.49. The van der Waals surface area contributed by atoms with E-state index in [0.29, 0.717) is 5.69 Å². The molecule has 1 aromatic rings. The second-order valence-electron chi connectivity index (χ2n) is 2.85. The van der Waals surface area contributed by atoms with Gasteiger partial charge in [-0.05, 0) is 17.7 Å². The molecular weight excluding hydrogens is 169 g/mol. The van der Waals surface area contributed by atoms with E-state index in [2.05, 4.69) is 4.99 Å². The van der Waals surface area contributed by atoms with E-state index in [4.69, 9.17) is 0 Å². The van der Waals surface area contributed by atoms with Crippen LogP contribution >= 0.6 is 0 Å². The van der Waals surface area contributed by atoms with Crippen molar-refractivity contribution in [2.75, 3.05) is 6.67 Å². The van der Waals surface area contributed by atoms with Crippen LogP contribution in [0.2, 0.25) is 0 Å². The van der Waals surface area contributed by atoms with Crippen molar-refractivity contribution < 1.29 is 9.18 Å². The molecular formula is C10H10FNO. The van der Waals surface area contributed by atoms with E-state index in [1.54, 1.807) is 31.2 Å². The smallest absolute Gasteiger partial charge is 0.240 e. The van der Waals surface area contributed by atoms with Crippen molar-refractivity contribution >= 4 is 11.8 Å². The Bertz CT molecular complexity index is 314. The highest BCUT2D eigenvalue weighted by Gasteiger charge is 2.03. The highest BCUT2D eigenvalue weighted by molar-refractivity contribution is 5.49. The van der Waals surface area contributed by atoms with Crippen LogP contribution < -0.4 is 0 Å². The molecule has 0 aliphatic carbocycles. The number of rotatable bonds is 3. The van der Waals surface area contributed by atoms with Crippen molar-refractivity contribution in [1.82, 2.24) is 0 Å². The molecule has 1 rings (SSSR count). The molecule has 3 heteroatoms. The Balaban J connectivity index is 2.86.